The second-order valence-electron chi connectivity index (χ2n) is 7.04. The van der Waals surface area contributed by atoms with Crippen LogP contribution in [0.25, 0.3) is 0 Å². The predicted octanol–water partition coefficient (Wildman–Crippen LogP) is 4.60. The highest BCUT2D eigenvalue weighted by atomic mass is 19.4. The summed E-state index contributed by atoms with van der Waals surface area (Å²) in [5, 5.41) is 0. The van der Waals surface area contributed by atoms with Crippen molar-refractivity contribution in [1.82, 2.24) is 0 Å². The smallest absolute Gasteiger partial charge is 0.378 e. The van der Waals surface area contributed by atoms with E-state index in [0.717, 1.165) is 25.7 Å². The molecule has 0 spiro atoms. The van der Waals surface area contributed by atoms with Gasteiger partial charge in [0.1, 0.15) is 6.61 Å². The van der Waals surface area contributed by atoms with Crippen LogP contribution in [0.2, 0.25) is 0 Å². The predicted molar refractivity (Wildman–Crippen MR) is 84.8 cm³/mol. The monoisotopic (exact) mass is 327 g/mol. The zero-order valence-corrected chi connectivity index (χ0v) is 13.6. The SMILES string of the molecule is CN(C)c1ccc([C@@H]2CC[C@@H]3[C@H]2CC[C@H]3OCC(F)(F)F)cc1. The van der Waals surface area contributed by atoms with Gasteiger partial charge in [-0.15, -0.1) is 0 Å². The molecular formula is C18H24F3NO. The van der Waals surface area contributed by atoms with Crippen LogP contribution in [0.1, 0.15) is 37.2 Å². The van der Waals surface area contributed by atoms with Crippen LogP contribution in [0.15, 0.2) is 24.3 Å². The molecule has 1 aromatic rings. The molecule has 128 valence electrons. The minimum atomic E-state index is -4.22. The van der Waals surface area contributed by atoms with Gasteiger partial charge in [0.05, 0.1) is 6.10 Å². The first-order chi connectivity index (χ1) is 10.8. The number of nitrogens with zero attached hydrogens (tertiary/aromatic N) is 1. The molecule has 2 aliphatic carbocycles. The van der Waals surface area contributed by atoms with Crippen molar-refractivity contribution >= 4 is 5.69 Å². The molecule has 0 aromatic heterocycles. The molecule has 23 heavy (non-hydrogen) atoms. The highest BCUT2D eigenvalue weighted by Crippen LogP contribution is 2.53. The van der Waals surface area contributed by atoms with E-state index in [4.69, 9.17) is 4.74 Å². The lowest BCUT2D eigenvalue weighted by Gasteiger charge is -2.22. The lowest BCUT2D eigenvalue weighted by atomic mass is 9.86. The molecule has 0 unspecified atom stereocenters. The van der Waals surface area contributed by atoms with E-state index in [-0.39, 0.29) is 12.0 Å². The van der Waals surface area contributed by atoms with Gasteiger partial charge in [-0.25, -0.2) is 0 Å². The van der Waals surface area contributed by atoms with Gasteiger partial charge in [-0.1, -0.05) is 12.1 Å². The third-order valence-corrected chi connectivity index (χ3v) is 5.44. The maximum absolute atomic E-state index is 12.4. The summed E-state index contributed by atoms with van der Waals surface area (Å²) < 4.78 is 42.3. The Morgan fingerprint density at radius 1 is 1.00 bits per heavy atom. The van der Waals surface area contributed by atoms with Gasteiger partial charge in [0, 0.05) is 19.8 Å². The zero-order valence-electron chi connectivity index (χ0n) is 13.6. The summed E-state index contributed by atoms with van der Waals surface area (Å²) in [7, 11) is 4.03. The maximum atomic E-state index is 12.4. The van der Waals surface area contributed by atoms with Gasteiger partial charge in [0.2, 0.25) is 0 Å². The number of fused-ring (bicyclic) bond motifs is 1. The molecule has 0 aliphatic heterocycles. The first-order valence-corrected chi connectivity index (χ1v) is 8.31. The molecule has 2 fully saturated rings. The Balaban J connectivity index is 1.64. The first-order valence-electron chi connectivity index (χ1n) is 8.31. The Morgan fingerprint density at radius 2 is 1.65 bits per heavy atom. The van der Waals surface area contributed by atoms with E-state index >= 15 is 0 Å². The van der Waals surface area contributed by atoms with E-state index in [1.54, 1.807) is 0 Å². The van der Waals surface area contributed by atoms with Crippen LogP contribution in [-0.4, -0.2) is 33.0 Å². The number of halogens is 3. The molecule has 2 aliphatic rings. The topological polar surface area (TPSA) is 12.5 Å². The quantitative estimate of drug-likeness (QED) is 0.801. The van der Waals surface area contributed by atoms with Crippen LogP contribution in [0, 0.1) is 11.8 Å². The molecule has 2 saturated carbocycles. The van der Waals surface area contributed by atoms with Crippen LogP contribution in [0.3, 0.4) is 0 Å². The fourth-order valence-corrected chi connectivity index (χ4v) is 4.39. The van der Waals surface area contributed by atoms with Crippen molar-refractivity contribution in [3.63, 3.8) is 0 Å². The van der Waals surface area contributed by atoms with Crippen molar-refractivity contribution in [1.29, 1.82) is 0 Å². The Morgan fingerprint density at radius 3 is 2.26 bits per heavy atom. The van der Waals surface area contributed by atoms with E-state index in [0.29, 0.717) is 11.8 Å². The van der Waals surface area contributed by atoms with Crippen LogP contribution in [0.5, 0.6) is 0 Å². The minimum Gasteiger partial charge on any atom is -0.378 e. The number of rotatable bonds is 4. The van der Waals surface area contributed by atoms with Crippen LogP contribution < -0.4 is 4.90 Å². The van der Waals surface area contributed by atoms with Gasteiger partial charge in [-0.3, -0.25) is 0 Å². The second kappa shape index (κ2) is 6.34. The van der Waals surface area contributed by atoms with E-state index in [1.165, 1.54) is 11.3 Å². The van der Waals surface area contributed by atoms with E-state index < -0.39 is 12.8 Å². The number of alkyl halides is 3. The van der Waals surface area contributed by atoms with E-state index in [2.05, 4.69) is 29.2 Å². The molecule has 0 saturated heterocycles. The fourth-order valence-electron chi connectivity index (χ4n) is 4.39. The van der Waals surface area contributed by atoms with Crippen molar-refractivity contribution in [3.05, 3.63) is 29.8 Å². The highest BCUT2D eigenvalue weighted by Gasteiger charge is 2.46. The van der Waals surface area contributed by atoms with E-state index in [1.807, 2.05) is 14.1 Å². The number of benzene rings is 1. The second-order valence-corrected chi connectivity index (χ2v) is 7.04. The summed E-state index contributed by atoms with van der Waals surface area (Å²) in [4.78, 5) is 2.07. The number of anilines is 1. The molecule has 3 rings (SSSR count). The largest absolute Gasteiger partial charge is 0.411 e. The molecular weight excluding hydrogens is 303 g/mol. The number of ether oxygens (including phenoxy) is 1. The summed E-state index contributed by atoms with van der Waals surface area (Å²) in [6.07, 6.45) is -0.661. The first kappa shape index (κ1) is 16.6. The number of hydrogen-bond donors (Lipinski definition) is 0. The Labute approximate surface area is 135 Å². The third kappa shape index (κ3) is 3.65. The standard InChI is InChI=1S/C18H24F3NO/c1-22(2)13-5-3-12(4-6-13)14-7-8-16-15(14)9-10-17(16)23-11-18(19,20)21/h3-6,14-17H,7-11H2,1-2H3/t14-,15-,16+,17+/m0/s1. The fraction of sp³-hybridized carbons (Fsp3) is 0.667. The van der Waals surface area contributed by atoms with Gasteiger partial charge in [-0.05, 0) is 61.1 Å². The molecule has 1 aromatic carbocycles. The van der Waals surface area contributed by atoms with Crippen molar-refractivity contribution < 1.29 is 17.9 Å². The summed E-state index contributed by atoms with van der Waals surface area (Å²) >= 11 is 0. The average Bonchev–Trinajstić information content (AvgIpc) is 3.06. The maximum Gasteiger partial charge on any atom is 0.411 e. The van der Waals surface area contributed by atoms with Gasteiger partial charge < -0.3 is 9.64 Å². The van der Waals surface area contributed by atoms with Crippen molar-refractivity contribution in [2.24, 2.45) is 11.8 Å². The third-order valence-electron chi connectivity index (χ3n) is 5.44. The van der Waals surface area contributed by atoms with Crippen LogP contribution in [-0.2, 0) is 4.74 Å². The van der Waals surface area contributed by atoms with Gasteiger partial charge >= 0.3 is 6.18 Å². The average molecular weight is 327 g/mol. The van der Waals surface area contributed by atoms with Crippen molar-refractivity contribution in [2.45, 2.75) is 43.9 Å². The van der Waals surface area contributed by atoms with Crippen molar-refractivity contribution in [2.75, 3.05) is 25.6 Å². The number of hydrogen-bond acceptors (Lipinski definition) is 2. The van der Waals surface area contributed by atoms with Crippen LogP contribution in [0.4, 0.5) is 18.9 Å². The molecule has 2 nitrogen and oxygen atoms in total. The highest BCUT2D eigenvalue weighted by molar-refractivity contribution is 5.46. The molecule has 0 radical (unpaired) electrons. The molecule has 0 amide bonds. The van der Waals surface area contributed by atoms with Gasteiger partial charge in [-0.2, -0.15) is 13.2 Å². The lowest BCUT2D eigenvalue weighted by Crippen LogP contribution is -2.26. The Kier molecular flexibility index (Phi) is 4.59. The minimum absolute atomic E-state index is 0.215. The lowest BCUT2D eigenvalue weighted by molar-refractivity contribution is -0.188. The van der Waals surface area contributed by atoms with Gasteiger partial charge in [0.25, 0.3) is 0 Å². The van der Waals surface area contributed by atoms with Gasteiger partial charge in [0.15, 0.2) is 0 Å². The normalized spacial score (nSPS) is 30.5. The summed E-state index contributed by atoms with van der Waals surface area (Å²) in [6.45, 7) is -1.11. The summed E-state index contributed by atoms with van der Waals surface area (Å²) in [6, 6.07) is 8.59. The van der Waals surface area contributed by atoms with E-state index in [9.17, 15) is 13.2 Å². The zero-order chi connectivity index (χ0) is 16.6. The molecule has 0 N–H and O–H groups in total. The Bertz CT molecular complexity index is 526. The molecule has 0 bridgehead atoms. The molecule has 5 heteroatoms. The summed E-state index contributed by atoms with van der Waals surface area (Å²) in [5.41, 5.74) is 2.49. The van der Waals surface area contributed by atoms with Crippen LogP contribution >= 0.6 is 0 Å². The molecule has 4 atom stereocenters. The molecule has 0 heterocycles. The summed E-state index contributed by atoms with van der Waals surface area (Å²) in [5.74, 6) is 1.23. The Hall–Kier alpha value is -1.23. The van der Waals surface area contributed by atoms with Crippen molar-refractivity contribution in [3.8, 4) is 0 Å².